The zero-order valence-electron chi connectivity index (χ0n) is 8.69. The van der Waals surface area contributed by atoms with Crippen LogP contribution in [0.15, 0.2) is 22.8 Å². The third-order valence-corrected chi connectivity index (χ3v) is 2.92. The minimum atomic E-state index is -0.320. The van der Waals surface area contributed by atoms with Crippen molar-refractivity contribution in [2.24, 2.45) is 5.73 Å². The first-order valence-electron chi connectivity index (χ1n) is 4.99. The molecule has 1 saturated heterocycles. The molecule has 0 radical (unpaired) electrons. The van der Waals surface area contributed by atoms with E-state index in [0.29, 0.717) is 13.2 Å². The van der Waals surface area contributed by atoms with Crippen LogP contribution < -0.4 is 10.6 Å². The summed E-state index contributed by atoms with van der Waals surface area (Å²) in [6.07, 6.45) is 1.44. The largest absolute Gasteiger partial charge is 0.385 e. The van der Waals surface area contributed by atoms with Gasteiger partial charge in [0.15, 0.2) is 0 Å². The van der Waals surface area contributed by atoms with E-state index in [1.165, 1.54) is 0 Å². The smallest absolute Gasteiger partial charge is 0.131 e. The van der Waals surface area contributed by atoms with Crippen LogP contribution in [0.25, 0.3) is 0 Å². The van der Waals surface area contributed by atoms with Crippen LogP contribution in [0.5, 0.6) is 0 Å². The number of rotatable bonds is 2. The molecule has 0 aromatic carbocycles. The third kappa shape index (κ3) is 2.51. The maximum atomic E-state index is 7.37. The van der Waals surface area contributed by atoms with Crippen molar-refractivity contribution in [3.63, 3.8) is 0 Å². The van der Waals surface area contributed by atoms with Crippen LogP contribution in [-0.2, 0) is 4.74 Å². The highest BCUT2D eigenvalue weighted by molar-refractivity contribution is 9.10. The van der Waals surface area contributed by atoms with E-state index in [0.717, 1.165) is 16.8 Å². The number of aromatic nitrogens is 1. The van der Waals surface area contributed by atoms with Gasteiger partial charge in [-0.3, -0.25) is 5.41 Å². The fraction of sp³-hybridized carbons (Fsp3) is 0.400. The van der Waals surface area contributed by atoms with Gasteiger partial charge in [0.05, 0.1) is 13.2 Å². The fourth-order valence-electron chi connectivity index (χ4n) is 1.60. The molecule has 6 heteroatoms. The molecular formula is C10H13BrN4O. The van der Waals surface area contributed by atoms with E-state index in [4.69, 9.17) is 15.9 Å². The van der Waals surface area contributed by atoms with Gasteiger partial charge in [-0.15, -0.1) is 0 Å². The summed E-state index contributed by atoms with van der Waals surface area (Å²) < 4.78 is 6.34. The summed E-state index contributed by atoms with van der Waals surface area (Å²) >= 11 is 3.34. The predicted octanol–water partition coefficient (Wildman–Crippen LogP) is 0.985. The van der Waals surface area contributed by atoms with E-state index >= 15 is 0 Å². The number of hydrogen-bond donors (Lipinski definition) is 2. The minimum absolute atomic E-state index is 0.0711. The van der Waals surface area contributed by atoms with Gasteiger partial charge >= 0.3 is 0 Å². The molecule has 86 valence electrons. The molecule has 5 nitrogen and oxygen atoms in total. The maximum absolute atomic E-state index is 7.37. The summed E-state index contributed by atoms with van der Waals surface area (Å²) in [6.45, 7) is 1.93. The molecule has 1 atom stereocenters. The lowest BCUT2D eigenvalue weighted by Gasteiger charge is -2.33. The van der Waals surface area contributed by atoms with Crippen LogP contribution >= 0.6 is 15.9 Å². The topological polar surface area (TPSA) is 75.2 Å². The van der Waals surface area contributed by atoms with Gasteiger partial charge in [-0.2, -0.15) is 0 Å². The Labute approximate surface area is 102 Å². The molecular weight excluding hydrogens is 272 g/mol. The lowest BCUT2D eigenvalue weighted by Crippen LogP contribution is -2.48. The second-order valence-electron chi connectivity index (χ2n) is 3.60. The van der Waals surface area contributed by atoms with Gasteiger partial charge in [0, 0.05) is 17.2 Å². The van der Waals surface area contributed by atoms with Crippen LogP contribution in [0.3, 0.4) is 0 Å². The summed E-state index contributed by atoms with van der Waals surface area (Å²) in [5, 5.41) is 7.37. The monoisotopic (exact) mass is 284 g/mol. The number of amidine groups is 1. The summed E-state index contributed by atoms with van der Waals surface area (Å²) in [5.41, 5.74) is 5.44. The number of anilines is 1. The van der Waals surface area contributed by atoms with E-state index in [-0.39, 0.29) is 11.9 Å². The molecule has 0 saturated carbocycles. The van der Waals surface area contributed by atoms with Crippen molar-refractivity contribution in [3.05, 3.63) is 22.8 Å². The van der Waals surface area contributed by atoms with E-state index in [1.54, 1.807) is 6.20 Å². The lowest BCUT2D eigenvalue weighted by molar-refractivity contribution is 0.0823. The average Bonchev–Trinajstić information content (AvgIpc) is 2.30. The van der Waals surface area contributed by atoms with E-state index in [1.807, 2.05) is 12.1 Å². The molecule has 0 bridgehead atoms. The maximum Gasteiger partial charge on any atom is 0.131 e. The zero-order chi connectivity index (χ0) is 11.5. The number of pyridine rings is 1. The van der Waals surface area contributed by atoms with Crippen molar-refractivity contribution in [1.82, 2.24) is 4.98 Å². The molecule has 1 aromatic heterocycles. The Balaban J connectivity index is 2.09. The summed E-state index contributed by atoms with van der Waals surface area (Å²) in [5.74, 6) is 0.958. The molecule has 3 N–H and O–H groups in total. The Morgan fingerprint density at radius 2 is 2.44 bits per heavy atom. The molecule has 2 rings (SSSR count). The Morgan fingerprint density at radius 3 is 3.06 bits per heavy atom. The lowest BCUT2D eigenvalue weighted by atomic mass is 10.2. The van der Waals surface area contributed by atoms with Crippen LogP contribution in [0.4, 0.5) is 5.82 Å². The Hall–Kier alpha value is -1.14. The van der Waals surface area contributed by atoms with Gasteiger partial charge < -0.3 is 15.4 Å². The molecule has 1 aromatic rings. The van der Waals surface area contributed by atoms with Gasteiger partial charge in [-0.1, -0.05) is 0 Å². The molecule has 0 aliphatic carbocycles. The molecule has 1 aliphatic heterocycles. The number of hydrogen-bond acceptors (Lipinski definition) is 4. The van der Waals surface area contributed by atoms with Crippen LogP contribution in [0, 0.1) is 5.41 Å². The molecule has 1 aliphatic rings. The van der Waals surface area contributed by atoms with Crippen LogP contribution in [-0.4, -0.2) is 36.6 Å². The zero-order valence-corrected chi connectivity index (χ0v) is 10.3. The van der Waals surface area contributed by atoms with E-state index in [9.17, 15) is 0 Å². The van der Waals surface area contributed by atoms with Crippen molar-refractivity contribution in [3.8, 4) is 0 Å². The van der Waals surface area contributed by atoms with Crippen LogP contribution in [0.1, 0.15) is 0 Å². The van der Waals surface area contributed by atoms with Crippen molar-refractivity contribution in [2.45, 2.75) is 6.10 Å². The molecule has 16 heavy (non-hydrogen) atoms. The number of nitrogens with zero attached hydrogens (tertiary/aromatic N) is 2. The van der Waals surface area contributed by atoms with Gasteiger partial charge in [-0.25, -0.2) is 4.98 Å². The molecule has 2 heterocycles. The number of nitrogens with one attached hydrogen (secondary N) is 1. The molecule has 0 spiro atoms. The Morgan fingerprint density at radius 1 is 1.62 bits per heavy atom. The summed E-state index contributed by atoms with van der Waals surface area (Å²) in [7, 11) is 0. The van der Waals surface area contributed by atoms with Crippen molar-refractivity contribution in [1.29, 1.82) is 5.41 Å². The highest BCUT2D eigenvalue weighted by Crippen LogP contribution is 2.17. The number of nitrogens with two attached hydrogens (primary N) is 1. The van der Waals surface area contributed by atoms with E-state index < -0.39 is 0 Å². The van der Waals surface area contributed by atoms with Crippen molar-refractivity contribution < 1.29 is 4.74 Å². The minimum Gasteiger partial charge on any atom is -0.385 e. The number of morpholine rings is 1. The second-order valence-corrected chi connectivity index (χ2v) is 4.51. The standard InChI is InChI=1S/C10H13BrN4O/c11-7-1-2-9(14-5-7)15-3-4-16-8(6-15)10(12)13/h1-2,5,8H,3-4,6H2,(H3,12,13). The highest BCUT2D eigenvalue weighted by atomic mass is 79.9. The SMILES string of the molecule is N=C(N)C1CN(c2ccc(Br)cn2)CCO1. The second kappa shape index (κ2) is 4.80. The molecule has 1 unspecified atom stereocenters. The van der Waals surface area contributed by atoms with Crippen molar-refractivity contribution >= 4 is 27.6 Å². The summed E-state index contributed by atoms with van der Waals surface area (Å²) in [4.78, 5) is 6.38. The first-order chi connectivity index (χ1) is 7.66. The van der Waals surface area contributed by atoms with Gasteiger partial charge in [0.1, 0.15) is 17.8 Å². The first kappa shape index (κ1) is 11.3. The fourth-order valence-corrected chi connectivity index (χ4v) is 1.84. The number of halogens is 1. The Kier molecular flexibility index (Phi) is 3.40. The van der Waals surface area contributed by atoms with Gasteiger partial charge in [-0.05, 0) is 28.1 Å². The van der Waals surface area contributed by atoms with Crippen molar-refractivity contribution in [2.75, 3.05) is 24.6 Å². The normalized spacial score (nSPS) is 20.8. The van der Waals surface area contributed by atoms with Gasteiger partial charge in [0.2, 0.25) is 0 Å². The average molecular weight is 285 g/mol. The first-order valence-corrected chi connectivity index (χ1v) is 5.78. The Bertz CT molecular complexity index is 381. The highest BCUT2D eigenvalue weighted by Gasteiger charge is 2.23. The molecule has 1 fully saturated rings. The molecule has 0 amide bonds. The van der Waals surface area contributed by atoms with Gasteiger partial charge in [0.25, 0.3) is 0 Å². The summed E-state index contributed by atoms with van der Waals surface area (Å²) in [6, 6.07) is 3.88. The number of ether oxygens (including phenoxy) is 1. The third-order valence-electron chi connectivity index (χ3n) is 2.45. The predicted molar refractivity (Wildman–Crippen MR) is 65.8 cm³/mol. The quantitative estimate of drug-likeness (QED) is 0.627. The van der Waals surface area contributed by atoms with E-state index in [2.05, 4.69) is 25.8 Å². The van der Waals surface area contributed by atoms with Crippen LogP contribution in [0.2, 0.25) is 0 Å².